The number of nitrogens with zero attached hydrogens (tertiary/aromatic N) is 2. The number of aromatic nitrogens is 2. The van der Waals surface area contributed by atoms with Gasteiger partial charge in [-0.3, -0.25) is 10.1 Å². The van der Waals surface area contributed by atoms with E-state index in [9.17, 15) is 9.59 Å². The highest BCUT2D eigenvalue weighted by Gasteiger charge is 2.20. The van der Waals surface area contributed by atoms with Gasteiger partial charge in [0.25, 0.3) is 5.22 Å². The summed E-state index contributed by atoms with van der Waals surface area (Å²) < 4.78 is 5.66. The monoisotopic (exact) mass is 396 g/mol. The van der Waals surface area contributed by atoms with Crippen LogP contribution in [0.15, 0.2) is 58.2 Å². The minimum Gasteiger partial charge on any atom is -0.411 e. The number of carbonyl (C=O) groups excluding carboxylic acids is 2. The molecule has 7 nitrogen and oxygen atoms in total. The van der Waals surface area contributed by atoms with Crippen molar-refractivity contribution in [2.75, 3.05) is 5.32 Å². The number of hydrogen-bond donors (Lipinski definition) is 2. The first-order valence-corrected chi connectivity index (χ1v) is 9.54. The van der Waals surface area contributed by atoms with E-state index in [1.54, 1.807) is 31.2 Å². The molecule has 1 atom stereocenters. The summed E-state index contributed by atoms with van der Waals surface area (Å²) in [7, 11) is 0. The van der Waals surface area contributed by atoms with E-state index in [-0.39, 0.29) is 5.22 Å². The van der Waals surface area contributed by atoms with Crippen LogP contribution < -0.4 is 10.6 Å². The molecule has 1 heterocycles. The maximum absolute atomic E-state index is 12.2. The number of para-hydroxylation sites is 1. The Kier molecular flexibility index (Phi) is 6.10. The van der Waals surface area contributed by atoms with Crippen molar-refractivity contribution in [3.05, 3.63) is 59.7 Å². The highest BCUT2D eigenvalue weighted by Crippen LogP contribution is 2.27. The van der Waals surface area contributed by atoms with Crippen LogP contribution in [0.1, 0.15) is 18.1 Å². The van der Waals surface area contributed by atoms with Crippen LogP contribution in [0.25, 0.3) is 11.5 Å². The molecule has 3 amide bonds. The molecule has 8 heteroatoms. The minimum atomic E-state index is -0.592. The number of amides is 3. The quantitative estimate of drug-likeness (QED) is 0.628. The summed E-state index contributed by atoms with van der Waals surface area (Å²) in [6, 6.07) is 14.3. The van der Waals surface area contributed by atoms with Gasteiger partial charge in [0.15, 0.2) is 0 Å². The maximum atomic E-state index is 12.2. The van der Waals surface area contributed by atoms with E-state index >= 15 is 0 Å². The summed E-state index contributed by atoms with van der Waals surface area (Å²) in [4.78, 5) is 24.2. The van der Waals surface area contributed by atoms with Crippen molar-refractivity contribution in [1.29, 1.82) is 0 Å². The lowest BCUT2D eigenvalue weighted by Crippen LogP contribution is -2.38. The number of benzene rings is 2. The van der Waals surface area contributed by atoms with E-state index in [2.05, 4.69) is 26.9 Å². The van der Waals surface area contributed by atoms with E-state index in [1.807, 2.05) is 32.0 Å². The molecule has 0 radical (unpaired) electrons. The Morgan fingerprint density at radius 2 is 1.71 bits per heavy atom. The molecule has 1 aromatic heterocycles. The van der Waals surface area contributed by atoms with Gasteiger partial charge in [0.05, 0.1) is 5.25 Å². The standard InChI is InChI=1S/C20H20N4O3S/c1-12-9-13(2)11-15(10-12)18-23-24-20(27-18)28-14(3)17(25)22-19(26)21-16-7-5-4-6-8-16/h4-11,14H,1-3H3,(H2,21,22,25,26). The molecule has 0 spiro atoms. The largest absolute Gasteiger partial charge is 0.411 e. The SMILES string of the molecule is Cc1cc(C)cc(-c2nnc(SC(C)C(=O)NC(=O)Nc3ccccc3)o2)c1. The van der Waals surface area contributed by atoms with Crippen LogP contribution in [0.4, 0.5) is 10.5 Å². The maximum Gasteiger partial charge on any atom is 0.325 e. The van der Waals surface area contributed by atoms with Gasteiger partial charge < -0.3 is 9.73 Å². The number of anilines is 1. The summed E-state index contributed by atoms with van der Waals surface area (Å²) in [6.45, 7) is 5.65. The Labute approximate surface area is 166 Å². The van der Waals surface area contributed by atoms with E-state index < -0.39 is 17.2 Å². The zero-order valence-corrected chi connectivity index (χ0v) is 16.5. The zero-order chi connectivity index (χ0) is 20.1. The van der Waals surface area contributed by atoms with Crippen LogP contribution in [-0.4, -0.2) is 27.4 Å². The summed E-state index contributed by atoms with van der Waals surface area (Å²) in [5.74, 6) is -0.0618. The second kappa shape index (κ2) is 8.71. The first-order chi connectivity index (χ1) is 13.4. The van der Waals surface area contributed by atoms with Gasteiger partial charge in [-0.2, -0.15) is 0 Å². The predicted octanol–water partition coefficient (Wildman–Crippen LogP) is 4.18. The minimum absolute atomic E-state index is 0.264. The van der Waals surface area contributed by atoms with Crippen molar-refractivity contribution in [3.8, 4) is 11.5 Å². The molecular formula is C20H20N4O3S. The van der Waals surface area contributed by atoms with Gasteiger partial charge in [-0.25, -0.2) is 4.79 Å². The van der Waals surface area contributed by atoms with Crippen LogP contribution in [0.5, 0.6) is 0 Å². The number of imide groups is 1. The topological polar surface area (TPSA) is 97.1 Å². The van der Waals surface area contributed by atoms with Gasteiger partial charge in [0.1, 0.15) is 0 Å². The predicted molar refractivity (Wildman–Crippen MR) is 108 cm³/mol. The first kappa shape index (κ1) is 19.6. The van der Waals surface area contributed by atoms with Crippen LogP contribution >= 0.6 is 11.8 Å². The first-order valence-electron chi connectivity index (χ1n) is 8.66. The number of aryl methyl sites for hydroxylation is 2. The molecule has 28 heavy (non-hydrogen) atoms. The lowest BCUT2D eigenvalue weighted by Gasteiger charge is -2.10. The molecular weight excluding hydrogens is 376 g/mol. The van der Waals surface area contributed by atoms with E-state index in [0.29, 0.717) is 11.6 Å². The lowest BCUT2D eigenvalue weighted by molar-refractivity contribution is -0.119. The Hall–Kier alpha value is -3.13. The highest BCUT2D eigenvalue weighted by molar-refractivity contribution is 8.00. The molecule has 0 saturated carbocycles. The van der Waals surface area contributed by atoms with Crippen molar-refractivity contribution in [3.63, 3.8) is 0 Å². The summed E-state index contributed by atoms with van der Waals surface area (Å²) in [5.41, 5.74) is 3.62. The van der Waals surface area contributed by atoms with Gasteiger partial charge in [0, 0.05) is 11.3 Å². The fourth-order valence-corrected chi connectivity index (χ4v) is 3.26. The van der Waals surface area contributed by atoms with Crippen molar-refractivity contribution in [2.45, 2.75) is 31.2 Å². The molecule has 2 N–H and O–H groups in total. The van der Waals surface area contributed by atoms with E-state index in [4.69, 9.17) is 4.42 Å². The second-order valence-electron chi connectivity index (χ2n) is 6.32. The molecule has 0 bridgehead atoms. The Bertz CT molecular complexity index is 968. The van der Waals surface area contributed by atoms with Crippen LogP contribution in [0.3, 0.4) is 0 Å². The second-order valence-corrected chi connectivity index (χ2v) is 7.61. The highest BCUT2D eigenvalue weighted by atomic mass is 32.2. The molecule has 0 saturated heterocycles. The summed E-state index contributed by atoms with van der Waals surface area (Å²) in [5, 5.41) is 12.6. The average molecular weight is 396 g/mol. The summed E-state index contributed by atoms with van der Waals surface area (Å²) in [6.07, 6.45) is 0. The van der Waals surface area contributed by atoms with Crippen molar-refractivity contribution in [2.24, 2.45) is 0 Å². The molecule has 2 aromatic carbocycles. The fraction of sp³-hybridized carbons (Fsp3) is 0.200. The van der Waals surface area contributed by atoms with Crippen molar-refractivity contribution in [1.82, 2.24) is 15.5 Å². The molecule has 3 aromatic rings. The number of urea groups is 1. The van der Waals surface area contributed by atoms with Crippen LogP contribution in [-0.2, 0) is 4.79 Å². The van der Waals surface area contributed by atoms with Crippen molar-refractivity contribution >= 4 is 29.4 Å². The molecule has 1 unspecified atom stereocenters. The number of carbonyl (C=O) groups is 2. The molecule has 0 fully saturated rings. The molecule has 144 valence electrons. The normalized spacial score (nSPS) is 11.7. The lowest BCUT2D eigenvalue weighted by atomic mass is 10.1. The number of nitrogens with one attached hydrogen (secondary N) is 2. The Morgan fingerprint density at radius 3 is 2.39 bits per heavy atom. The fourth-order valence-electron chi connectivity index (χ4n) is 2.57. The Morgan fingerprint density at radius 1 is 1.04 bits per heavy atom. The number of rotatable bonds is 5. The van der Waals surface area contributed by atoms with Gasteiger partial charge in [-0.15, -0.1) is 10.2 Å². The van der Waals surface area contributed by atoms with Crippen molar-refractivity contribution < 1.29 is 14.0 Å². The van der Waals surface area contributed by atoms with E-state index in [0.717, 1.165) is 28.5 Å². The molecule has 0 aliphatic carbocycles. The smallest absolute Gasteiger partial charge is 0.325 e. The van der Waals surface area contributed by atoms with Gasteiger partial charge in [-0.1, -0.05) is 47.2 Å². The van der Waals surface area contributed by atoms with Gasteiger partial charge >= 0.3 is 6.03 Å². The van der Waals surface area contributed by atoms with Crippen LogP contribution in [0.2, 0.25) is 0 Å². The third-order valence-electron chi connectivity index (χ3n) is 3.79. The van der Waals surface area contributed by atoms with E-state index in [1.165, 1.54) is 0 Å². The molecule has 3 rings (SSSR count). The average Bonchev–Trinajstić information content (AvgIpc) is 3.10. The molecule has 0 aliphatic rings. The molecule has 0 aliphatic heterocycles. The zero-order valence-electron chi connectivity index (χ0n) is 15.7. The number of thioether (sulfide) groups is 1. The third kappa shape index (κ3) is 5.20. The Balaban J connectivity index is 1.58. The van der Waals surface area contributed by atoms with Crippen LogP contribution in [0, 0.1) is 13.8 Å². The van der Waals surface area contributed by atoms with Gasteiger partial charge in [0.2, 0.25) is 11.8 Å². The third-order valence-corrected chi connectivity index (χ3v) is 4.72. The number of hydrogen-bond acceptors (Lipinski definition) is 6. The summed E-state index contributed by atoms with van der Waals surface area (Å²) >= 11 is 1.09. The van der Waals surface area contributed by atoms with Gasteiger partial charge in [-0.05, 0) is 45.0 Å².